The molecule has 0 spiro atoms. The number of benzene rings is 1. The van der Waals surface area contributed by atoms with Gasteiger partial charge in [-0.1, -0.05) is 23.7 Å². The highest BCUT2D eigenvalue weighted by atomic mass is 35.5. The van der Waals surface area contributed by atoms with Crippen LogP contribution in [0.2, 0.25) is 5.02 Å². The van der Waals surface area contributed by atoms with Crippen LogP contribution in [-0.4, -0.2) is 9.55 Å². The van der Waals surface area contributed by atoms with Gasteiger partial charge in [-0.25, -0.2) is 9.37 Å². The van der Waals surface area contributed by atoms with E-state index >= 15 is 0 Å². The molecule has 2 aromatic rings. The fraction of sp³-hybridized carbons (Fsp3) is 0.0833. The van der Waals surface area contributed by atoms with E-state index in [0.717, 1.165) is 0 Å². The Morgan fingerprint density at radius 3 is 3.00 bits per heavy atom. The van der Waals surface area contributed by atoms with Crippen LogP contribution < -0.4 is 5.73 Å². The molecule has 0 fully saturated rings. The van der Waals surface area contributed by atoms with Crippen molar-refractivity contribution in [3.05, 3.63) is 48.0 Å². The third-order valence-corrected chi connectivity index (χ3v) is 2.70. The predicted octanol–water partition coefficient (Wildman–Crippen LogP) is 3.11. The zero-order valence-electron chi connectivity index (χ0n) is 9.03. The van der Waals surface area contributed by atoms with Gasteiger partial charge in [0.2, 0.25) is 0 Å². The minimum absolute atomic E-state index is 0.0557. The predicted molar refractivity (Wildman–Crippen MR) is 67.2 cm³/mol. The normalized spacial score (nSPS) is 10.5. The van der Waals surface area contributed by atoms with Crippen LogP contribution >= 0.6 is 11.6 Å². The molecule has 88 valence electrons. The Bertz CT molecular complexity index is 563. The molecular formula is C12H11ClFN3. The fourth-order valence-electron chi connectivity index (χ4n) is 1.57. The van der Waals surface area contributed by atoms with Crippen molar-refractivity contribution in [3.8, 4) is 11.3 Å². The van der Waals surface area contributed by atoms with Gasteiger partial charge in [0, 0.05) is 12.1 Å². The highest BCUT2D eigenvalue weighted by Gasteiger charge is 2.15. The standard InChI is InChI=1S/C12H11ClFN3/c1-2-6-17-7-16-11(12(17)15)8-4-3-5-9(13)10(8)14/h2-5,7H,1,6,15H2. The number of nitrogens with two attached hydrogens (primary N) is 1. The topological polar surface area (TPSA) is 43.8 Å². The first-order valence-corrected chi connectivity index (χ1v) is 5.38. The lowest BCUT2D eigenvalue weighted by atomic mass is 10.1. The maximum Gasteiger partial charge on any atom is 0.151 e. The first-order valence-electron chi connectivity index (χ1n) is 5.01. The molecule has 1 aromatic carbocycles. The van der Waals surface area contributed by atoms with E-state index in [4.69, 9.17) is 17.3 Å². The van der Waals surface area contributed by atoms with Crippen molar-refractivity contribution in [2.24, 2.45) is 0 Å². The van der Waals surface area contributed by atoms with Gasteiger partial charge in [0.05, 0.1) is 11.3 Å². The zero-order chi connectivity index (χ0) is 12.4. The van der Waals surface area contributed by atoms with Crippen LogP contribution in [0, 0.1) is 5.82 Å². The number of halogens is 2. The monoisotopic (exact) mass is 251 g/mol. The van der Waals surface area contributed by atoms with Gasteiger partial charge in [-0.15, -0.1) is 6.58 Å². The van der Waals surface area contributed by atoms with Crippen molar-refractivity contribution >= 4 is 17.4 Å². The minimum atomic E-state index is -0.510. The third kappa shape index (κ3) is 2.03. The Morgan fingerprint density at radius 1 is 1.53 bits per heavy atom. The molecule has 0 radical (unpaired) electrons. The van der Waals surface area contributed by atoms with Crippen molar-refractivity contribution in [2.75, 3.05) is 5.73 Å². The second-order valence-corrected chi connectivity index (χ2v) is 3.93. The fourth-order valence-corrected chi connectivity index (χ4v) is 1.75. The van der Waals surface area contributed by atoms with Crippen molar-refractivity contribution in [3.63, 3.8) is 0 Å². The summed E-state index contributed by atoms with van der Waals surface area (Å²) in [6.45, 7) is 4.14. The Hall–Kier alpha value is -1.81. The van der Waals surface area contributed by atoms with E-state index in [9.17, 15) is 4.39 Å². The number of nitrogens with zero attached hydrogens (tertiary/aromatic N) is 2. The second-order valence-electron chi connectivity index (χ2n) is 3.52. The summed E-state index contributed by atoms with van der Waals surface area (Å²) in [5, 5.41) is 0.0557. The van der Waals surface area contributed by atoms with Crippen molar-refractivity contribution in [1.82, 2.24) is 9.55 Å². The highest BCUT2D eigenvalue weighted by molar-refractivity contribution is 6.31. The van der Waals surface area contributed by atoms with Gasteiger partial charge in [0.25, 0.3) is 0 Å². The average Bonchev–Trinajstić information content (AvgIpc) is 2.66. The number of nitrogen functional groups attached to an aromatic ring is 1. The Morgan fingerprint density at radius 2 is 2.29 bits per heavy atom. The number of anilines is 1. The molecule has 0 atom stereocenters. The zero-order valence-corrected chi connectivity index (χ0v) is 9.78. The van der Waals surface area contributed by atoms with Crippen molar-refractivity contribution < 1.29 is 4.39 Å². The molecule has 0 aliphatic heterocycles. The summed E-state index contributed by atoms with van der Waals surface area (Å²) < 4.78 is 15.5. The molecule has 0 saturated heterocycles. The number of imidazole rings is 1. The Labute approximate surface area is 103 Å². The van der Waals surface area contributed by atoms with E-state index in [1.165, 1.54) is 6.07 Å². The molecule has 0 aliphatic rings. The van der Waals surface area contributed by atoms with Gasteiger partial charge in [-0.05, 0) is 12.1 Å². The van der Waals surface area contributed by atoms with E-state index in [2.05, 4.69) is 11.6 Å². The van der Waals surface area contributed by atoms with E-state index < -0.39 is 5.82 Å². The first kappa shape index (κ1) is 11.7. The summed E-state index contributed by atoms with van der Waals surface area (Å²) in [5.41, 5.74) is 6.58. The lowest BCUT2D eigenvalue weighted by Crippen LogP contribution is -2.00. The second kappa shape index (κ2) is 4.59. The van der Waals surface area contributed by atoms with Crippen LogP contribution in [0.15, 0.2) is 37.2 Å². The molecule has 0 aliphatic carbocycles. The van der Waals surface area contributed by atoms with Gasteiger partial charge in [0.1, 0.15) is 11.5 Å². The first-order chi connectivity index (χ1) is 8.15. The molecule has 2 rings (SSSR count). The summed E-state index contributed by atoms with van der Waals surface area (Å²) in [7, 11) is 0. The molecule has 0 amide bonds. The van der Waals surface area contributed by atoms with Crippen LogP contribution in [0.3, 0.4) is 0 Å². The Kier molecular flexibility index (Phi) is 3.15. The van der Waals surface area contributed by atoms with Crippen LogP contribution in [-0.2, 0) is 6.54 Å². The maximum absolute atomic E-state index is 13.8. The van der Waals surface area contributed by atoms with E-state index in [0.29, 0.717) is 23.6 Å². The van der Waals surface area contributed by atoms with Gasteiger partial charge in [0.15, 0.2) is 5.82 Å². The van der Waals surface area contributed by atoms with Crippen LogP contribution in [0.5, 0.6) is 0 Å². The summed E-state index contributed by atoms with van der Waals surface area (Å²) in [6, 6.07) is 4.74. The Balaban J connectivity index is 2.53. The quantitative estimate of drug-likeness (QED) is 0.852. The molecular weight excluding hydrogens is 241 g/mol. The highest BCUT2D eigenvalue weighted by Crippen LogP contribution is 2.30. The summed E-state index contributed by atoms with van der Waals surface area (Å²) >= 11 is 5.72. The molecule has 1 heterocycles. The van der Waals surface area contributed by atoms with E-state index in [1.54, 1.807) is 29.1 Å². The van der Waals surface area contributed by atoms with Crippen LogP contribution in [0.1, 0.15) is 0 Å². The van der Waals surface area contributed by atoms with Gasteiger partial charge < -0.3 is 10.3 Å². The number of hydrogen-bond acceptors (Lipinski definition) is 2. The number of aromatic nitrogens is 2. The summed E-state index contributed by atoms with van der Waals surface area (Å²) in [4.78, 5) is 4.10. The maximum atomic E-state index is 13.8. The molecule has 1 aromatic heterocycles. The lowest BCUT2D eigenvalue weighted by molar-refractivity contribution is 0.631. The molecule has 0 unspecified atom stereocenters. The average molecular weight is 252 g/mol. The largest absolute Gasteiger partial charge is 0.383 e. The number of allylic oxidation sites excluding steroid dienone is 1. The smallest absolute Gasteiger partial charge is 0.151 e. The molecule has 3 nitrogen and oxygen atoms in total. The molecule has 5 heteroatoms. The van der Waals surface area contributed by atoms with Crippen molar-refractivity contribution in [1.29, 1.82) is 0 Å². The summed E-state index contributed by atoms with van der Waals surface area (Å²) in [6.07, 6.45) is 3.24. The lowest BCUT2D eigenvalue weighted by Gasteiger charge is -2.04. The summed E-state index contributed by atoms with van der Waals surface area (Å²) in [5.74, 6) is -0.115. The molecule has 2 N–H and O–H groups in total. The SMILES string of the molecule is C=CCn1cnc(-c2cccc(Cl)c2F)c1N. The van der Waals surface area contributed by atoms with Crippen LogP contribution in [0.25, 0.3) is 11.3 Å². The van der Waals surface area contributed by atoms with Gasteiger partial charge in [-0.2, -0.15) is 0 Å². The van der Waals surface area contributed by atoms with Crippen molar-refractivity contribution in [2.45, 2.75) is 6.54 Å². The molecule has 0 saturated carbocycles. The molecule has 17 heavy (non-hydrogen) atoms. The van der Waals surface area contributed by atoms with E-state index in [1.807, 2.05) is 0 Å². The third-order valence-electron chi connectivity index (χ3n) is 2.41. The van der Waals surface area contributed by atoms with Gasteiger partial charge >= 0.3 is 0 Å². The van der Waals surface area contributed by atoms with Gasteiger partial charge in [-0.3, -0.25) is 0 Å². The molecule has 0 bridgehead atoms. The van der Waals surface area contributed by atoms with E-state index in [-0.39, 0.29) is 5.02 Å². The minimum Gasteiger partial charge on any atom is -0.383 e. The number of hydrogen-bond donors (Lipinski definition) is 1. The number of rotatable bonds is 3. The van der Waals surface area contributed by atoms with Crippen LogP contribution in [0.4, 0.5) is 10.2 Å².